The molecule has 0 aliphatic rings. The summed E-state index contributed by atoms with van der Waals surface area (Å²) in [5.41, 5.74) is 1.29. The molecule has 0 aliphatic heterocycles. The van der Waals surface area contributed by atoms with Crippen molar-refractivity contribution in [3.8, 4) is 10.9 Å². The highest BCUT2D eigenvalue weighted by Gasteiger charge is 2.17. The van der Waals surface area contributed by atoms with E-state index in [1.54, 1.807) is 37.6 Å². The Morgan fingerprint density at radius 3 is 2.77 bits per heavy atom. The molecule has 0 saturated carbocycles. The number of hydrogen-bond donors (Lipinski definition) is 1. The fourth-order valence-electron chi connectivity index (χ4n) is 2.81. The number of aromatic nitrogens is 2. The average Bonchev–Trinajstić information content (AvgIpc) is 3.41. The highest BCUT2D eigenvalue weighted by Crippen LogP contribution is 2.21. The second kappa shape index (κ2) is 8.79. The molecule has 152 valence electrons. The molecule has 4 aromatic rings. The molecule has 8 heteroatoms. The third-order valence-corrected chi connectivity index (χ3v) is 5.50. The Hall–Kier alpha value is -3.65. The number of carbonyl (C=O) groups is 1. The van der Waals surface area contributed by atoms with Gasteiger partial charge in [-0.1, -0.05) is 41.7 Å². The van der Waals surface area contributed by atoms with Crippen LogP contribution < -0.4 is 15.6 Å². The van der Waals surface area contributed by atoms with E-state index in [1.165, 1.54) is 10.6 Å². The fraction of sp³-hybridized carbons (Fsp3) is 0.136. The van der Waals surface area contributed by atoms with Gasteiger partial charge in [0, 0.05) is 12.3 Å². The van der Waals surface area contributed by atoms with Crippen LogP contribution in [-0.4, -0.2) is 15.5 Å². The van der Waals surface area contributed by atoms with Gasteiger partial charge in [0.25, 0.3) is 11.5 Å². The Kier molecular flexibility index (Phi) is 5.76. The molecule has 0 aliphatic carbocycles. The minimum atomic E-state index is -0.281. The van der Waals surface area contributed by atoms with E-state index in [2.05, 4.69) is 10.3 Å². The molecule has 0 atom stereocenters. The van der Waals surface area contributed by atoms with Gasteiger partial charge >= 0.3 is 0 Å². The summed E-state index contributed by atoms with van der Waals surface area (Å²) < 4.78 is 12.3. The number of hydrogen-bond acceptors (Lipinski definition) is 6. The Labute approximate surface area is 176 Å². The summed E-state index contributed by atoms with van der Waals surface area (Å²) >= 11 is 1.16. The number of carbonyl (C=O) groups excluding carboxylic acids is 1. The number of aryl methyl sites for hydroxylation is 1. The molecule has 30 heavy (non-hydrogen) atoms. The van der Waals surface area contributed by atoms with Gasteiger partial charge in [-0.25, -0.2) is 4.98 Å². The van der Waals surface area contributed by atoms with Crippen LogP contribution in [0.25, 0.3) is 5.13 Å². The fourth-order valence-corrected chi connectivity index (χ4v) is 3.78. The molecule has 1 N–H and O–H groups in total. The number of benzene rings is 1. The molecular formula is C22H19N3O4S. The van der Waals surface area contributed by atoms with E-state index in [1.807, 2.05) is 30.3 Å². The van der Waals surface area contributed by atoms with Crippen LogP contribution in [0, 0.1) is 6.92 Å². The Balaban J connectivity index is 1.46. The second-order valence-corrected chi connectivity index (χ2v) is 7.50. The van der Waals surface area contributed by atoms with Crippen LogP contribution in [0.5, 0.6) is 5.75 Å². The number of ether oxygens (including phenoxy) is 1. The van der Waals surface area contributed by atoms with Crippen molar-refractivity contribution in [3.05, 3.63) is 99.3 Å². The van der Waals surface area contributed by atoms with E-state index in [0.29, 0.717) is 33.8 Å². The minimum Gasteiger partial charge on any atom is -0.489 e. The zero-order valence-electron chi connectivity index (χ0n) is 16.2. The SMILES string of the molecule is Cc1nc(-n2ccc(OCc3ccccc3)cc2=O)sc1C(=O)NCc1ccco1. The molecule has 0 spiro atoms. The molecule has 0 unspecified atom stereocenters. The maximum absolute atomic E-state index is 12.6. The lowest BCUT2D eigenvalue weighted by molar-refractivity contribution is 0.0951. The monoisotopic (exact) mass is 421 g/mol. The van der Waals surface area contributed by atoms with Gasteiger partial charge in [0.05, 0.1) is 18.5 Å². The Morgan fingerprint density at radius 1 is 1.20 bits per heavy atom. The molecule has 1 amide bonds. The van der Waals surface area contributed by atoms with Gasteiger partial charge in [0.15, 0.2) is 5.13 Å². The van der Waals surface area contributed by atoms with Crippen LogP contribution in [0.1, 0.15) is 26.7 Å². The molecule has 3 aromatic heterocycles. The highest BCUT2D eigenvalue weighted by atomic mass is 32.1. The van der Waals surface area contributed by atoms with Crippen molar-refractivity contribution in [1.29, 1.82) is 0 Å². The summed E-state index contributed by atoms with van der Waals surface area (Å²) in [4.78, 5) is 29.9. The van der Waals surface area contributed by atoms with Crippen LogP contribution in [0.3, 0.4) is 0 Å². The van der Waals surface area contributed by atoms with E-state index in [-0.39, 0.29) is 18.0 Å². The number of nitrogens with one attached hydrogen (secondary N) is 1. The van der Waals surface area contributed by atoms with Crippen molar-refractivity contribution >= 4 is 17.2 Å². The van der Waals surface area contributed by atoms with Crippen molar-refractivity contribution in [1.82, 2.24) is 14.9 Å². The van der Waals surface area contributed by atoms with E-state index in [0.717, 1.165) is 16.9 Å². The highest BCUT2D eigenvalue weighted by molar-refractivity contribution is 7.16. The van der Waals surface area contributed by atoms with Gasteiger partial charge in [0.2, 0.25) is 0 Å². The zero-order chi connectivity index (χ0) is 20.9. The van der Waals surface area contributed by atoms with Crippen molar-refractivity contribution in [2.75, 3.05) is 0 Å². The van der Waals surface area contributed by atoms with Crippen molar-refractivity contribution in [3.63, 3.8) is 0 Å². The van der Waals surface area contributed by atoms with Gasteiger partial charge in [0.1, 0.15) is 23.0 Å². The lowest BCUT2D eigenvalue weighted by Gasteiger charge is -2.07. The van der Waals surface area contributed by atoms with Gasteiger partial charge in [-0.15, -0.1) is 0 Å². The van der Waals surface area contributed by atoms with Crippen molar-refractivity contribution in [2.24, 2.45) is 0 Å². The van der Waals surface area contributed by atoms with E-state index in [9.17, 15) is 9.59 Å². The second-order valence-electron chi connectivity index (χ2n) is 6.52. The third kappa shape index (κ3) is 4.49. The number of nitrogens with zero attached hydrogens (tertiary/aromatic N) is 2. The van der Waals surface area contributed by atoms with Crippen LogP contribution >= 0.6 is 11.3 Å². The standard InChI is InChI=1S/C22H19N3O4S/c1-15-20(21(27)23-13-18-8-5-11-28-18)30-22(24-15)25-10-9-17(12-19(25)26)29-14-16-6-3-2-4-7-16/h2-12H,13-14H2,1H3,(H,23,27). The van der Waals surface area contributed by atoms with E-state index in [4.69, 9.17) is 9.15 Å². The normalized spacial score (nSPS) is 10.7. The van der Waals surface area contributed by atoms with E-state index < -0.39 is 0 Å². The summed E-state index contributed by atoms with van der Waals surface area (Å²) in [6.45, 7) is 2.40. The third-order valence-electron chi connectivity index (χ3n) is 4.34. The summed E-state index contributed by atoms with van der Waals surface area (Å²) in [6.07, 6.45) is 3.16. The molecular weight excluding hydrogens is 402 g/mol. The Morgan fingerprint density at radius 2 is 2.03 bits per heavy atom. The van der Waals surface area contributed by atoms with Crippen LogP contribution in [-0.2, 0) is 13.2 Å². The smallest absolute Gasteiger partial charge is 0.263 e. The molecule has 7 nitrogen and oxygen atoms in total. The van der Waals surface area contributed by atoms with E-state index >= 15 is 0 Å². The van der Waals surface area contributed by atoms with Gasteiger partial charge in [-0.3, -0.25) is 14.2 Å². The summed E-state index contributed by atoms with van der Waals surface area (Å²) in [5, 5.41) is 3.22. The van der Waals surface area contributed by atoms with Crippen LogP contribution in [0.15, 0.2) is 76.3 Å². The van der Waals surface area contributed by atoms with Gasteiger partial charge in [-0.05, 0) is 30.7 Å². The molecule has 0 radical (unpaired) electrons. The largest absolute Gasteiger partial charge is 0.489 e. The molecule has 0 fully saturated rings. The molecule has 4 rings (SSSR count). The minimum absolute atomic E-state index is 0.261. The maximum atomic E-state index is 12.6. The van der Waals surface area contributed by atoms with Gasteiger partial charge in [-0.2, -0.15) is 0 Å². The van der Waals surface area contributed by atoms with Crippen molar-refractivity contribution < 1.29 is 13.9 Å². The maximum Gasteiger partial charge on any atom is 0.263 e. The topological polar surface area (TPSA) is 86.4 Å². The molecule has 0 bridgehead atoms. The summed E-state index contributed by atoms with van der Waals surface area (Å²) in [6, 6.07) is 16.4. The number of thiazole rings is 1. The first-order chi connectivity index (χ1) is 14.6. The predicted molar refractivity (Wildman–Crippen MR) is 113 cm³/mol. The zero-order valence-corrected chi connectivity index (χ0v) is 17.0. The summed E-state index contributed by atoms with van der Waals surface area (Å²) in [5.74, 6) is 0.876. The van der Waals surface area contributed by atoms with Gasteiger partial charge < -0.3 is 14.5 Å². The lowest BCUT2D eigenvalue weighted by Crippen LogP contribution is -2.22. The Bertz CT molecular complexity index is 1200. The number of amides is 1. The molecule has 0 saturated heterocycles. The lowest BCUT2D eigenvalue weighted by atomic mass is 10.2. The predicted octanol–water partition coefficient (Wildman–Crippen LogP) is 3.70. The number of furan rings is 1. The quantitative estimate of drug-likeness (QED) is 0.492. The first-order valence-corrected chi connectivity index (χ1v) is 10.1. The summed E-state index contributed by atoms with van der Waals surface area (Å²) in [7, 11) is 0. The van der Waals surface area contributed by atoms with Crippen molar-refractivity contribution in [2.45, 2.75) is 20.1 Å². The first kappa shape index (κ1) is 19.7. The average molecular weight is 421 g/mol. The van der Waals surface area contributed by atoms with Crippen LogP contribution in [0.4, 0.5) is 0 Å². The molecule has 3 heterocycles. The first-order valence-electron chi connectivity index (χ1n) is 9.28. The number of pyridine rings is 1. The number of rotatable bonds is 7. The van der Waals surface area contributed by atoms with Crippen LogP contribution in [0.2, 0.25) is 0 Å². The molecule has 1 aromatic carbocycles.